The third kappa shape index (κ3) is 5.22. The van der Waals surface area contributed by atoms with Crippen molar-refractivity contribution < 1.29 is 4.79 Å². The summed E-state index contributed by atoms with van der Waals surface area (Å²) in [5.41, 5.74) is 5.80. The molecule has 0 aliphatic heterocycles. The summed E-state index contributed by atoms with van der Waals surface area (Å²) in [7, 11) is 1.83. The van der Waals surface area contributed by atoms with Crippen LogP contribution in [0.1, 0.15) is 40.0 Å². The predicted molar refractivity (Wildman–Crippen MR) is 60.0 cm³/mol. The Hall–Kier alpha value is -0.570. The molecule has 3 heteroatoms. The highest BCUT2D eigenvalue weighted by molar-refractivity contribution is 5.81. The molecular formula is C11H24N2O. The summed E-state index contributed by atoms with van der Waals surface area (Å²) < 4.78 is 0. The third-order valence-electron chi connectivity index (χ3n) is 2.27. The van der Waals surface area contributed by atoms with Crippen LogP contribution in [-0.2, 0) is 4.79 Å². The van der Waals surface area contributed by atoms with E-state index >= 15 is 0 Å². The van der Waals surface area contributed by atoms with Gasteiger partial charge in [0, 0.05) is 13.6 Å². The molecule has 0 spiro atoms. The molecule has 1 amide bonds. The van der Waals surface area contributed by atoms with E-state index in [9.17, 15) is 4.79 Å². The Labute approximate surface area is 87.6 Å². The van der Waals surface area contributed by atoms with E-state index in [4.69, 9.17) is 5.73 Å². The van der Waals surface area contributed by atoms with Gasteiger partial charge in [0.15, 0.2) is 0 Å². The third-order valence-corrected chi connectivity index (χ3v) is 2.27. The summed E-state index contributed by atoms with van der Waals surface area (Å²) in [6.45, 7) is 7.10. The number of amides is 1. The van der Waals surface area contributed by atoms with Crippen LogP contribution in [0.3, 0.4) is 0 Å². The second-order valence-electron chi connectivity index (χ2n) is 4.35. The van der Waals surface area contributed by atoms with Gasteiger partial charge in [-0.2, -0.15) is 0 Å². The van der Waals surface area contributed by atoms with Crippen LogP contribution in [-0.4, -0.2) is 30.4 Å². The highest BCUT2D eigenvalue weighted by atomic mass is 16.2. The number of carbonyl (C=O) groups excluding carboxylic acids is 1. The second-order valence-corrected chi connectivity index (χ2v) is 4.35. The maximum atomic E-state index is 11.7. The molecule has 0 heterocycles. The van der Waals surface area contributed by atoms with Crippen LogP contribution in [0.4, 0.5) is 0 Å². The molecule has 0 aliphatic carbocycles. The first-order valence-electron chi connectivity index (χ1n) is 5.49. The van der Waals surface area contributed by atoms with Crippen molar-refractivity contribution in [2.45, 2.75) is 46.1 Å². The number of hydrogen-bond donors (Lipinski definition) is 1. The Bertz CT molecular complexity index is 169. The maximum Gasteiger partial charge on any atom is 0.239 e. The van der Waals surface area contributed by atoms with Crippen molar-refractivity contribution in [3.8, 4) is 0 Å². The number of carbonyl (C=O) groups is 1. The summed E-state index contributed by atoms with van der Waals surface area (Å²) in [6.07, 6.45) is 2.93. The molecule has 0 bridgehead atoms. The molecule has 84 valence electrons. The lowest BCUT2D eigenvalue weighted by atomic mass is 10.0. The Morgan fingerprint density at radius 2 is 2.00 bits per heavy atom. The number of hydrogen-bond acceptors (Lipinski definition) is 2. The average Bonchev–Trinajstić information content (AvgIpc) is 2.11. The fraction of sp³-hybridized carbons (Fsp3) is 0.909. The van der Waals surface area contributed by atoms with E-state index in [-0.39, 0.29) is 11.9 Å². The molecule has 14 heavy (non-hydrogen) atoms. The largest absolute Gasteiger partial charge is 0.344 e. The van der Waals surface area contributed by atoms with Crippen LogP contribution < -0.4 is 5.73 Å². The van der Waals surface area contributed by atoms with Gasteiger partial charge in [0.25, 0.3) is 0 Å². The summed E-state index contributed by atoms with van der Waals surface area (Å²) in [5.74, 6) is 0.556. The fourth-order valence-corrected chi connectivity index (χ4v) is 1.40. The number of unbranched alkanes of at least 4 members (excludes halogenated alkanes) is 1. The van der Waals surface area contributed by atoms with Crippen LogP contribution in [0.2, 0.25) is 0 Å². The lowest BCUT2D eigenvalue weighted by Gasteiger charge is -2.22. The van der Waals surface area contributed by atoms with Gasteiger partial charge in [0.05, 0.1) is 6.04 Å². The first-order valence-corrected chi connectivity index (χ1v) is 5.49. The summed E-state index contributed by atoms with van der Waals surface area (Å²) in [6, 6.07) is -0.322. The SMILES string of the molecule is CCCCN(C)C(=O)C(N)CC(C)C. The van der Waals surface area contributed by atoms with Crippen molar-refractivity contribution in [1.82, 2.24) is 4.90 Å². The molecule has 1 unspecified atom stereocenters. The van der Waals surface area contributed by atoms with Gasteiger partial charge < -0.3 is 10.6 Å². The van der Waals surface area contributed by atoms with E-state index in [0.717, 1.165) is 25.8 Å². The molecule has 0 radical (unpaired) electrons. The molecule has 1 atom stereocenters. The molecule has 0 aliphatic rings. The molecule has 2 N–H and O–H groups in total. The molecule has 3 nitrogen and oxygen atoms in total. The molecule has 0 aromatic heterocycles. The quantitative estimate of drug-likeness (QED) is 0.708. The van der Waals surface area contributed by atoms with E-state index < -0.39 is 0 Å². The van der Waals surface area contributed by atoms with Gasteiger partial charge in [0.1, 0.15) is 0 Å². The molecular weight excluding hydrogens is 176 g/mol. The Morgan fingerprint density at radius 3 is 2.43 bits per heavy atom. The van der Waals surface area contributed by atoms with Crippen molar-refractivity contribution in [2.24, 2.45) is 11.7 Å². The zero-order valence-corrected chi connectivity index (χ0v) is 9.92. The van der Waals surface area contributed by atoms with Gasteiger partial charge in [-0.3, -0.25) is 4.79 Å². The number of rotatable bonds is 6. The van der Waals surface area contributed by atoms with Crippen LogP contribution in [0.25, 0.3) is 0 Å². The smallest absolute Gasteiger partial charge is 0.239 e. The summed E-state index contributed by atoms with van der Waals surface area (Å²) in [5, 5.41) is 0. The average molecular weight is 200 g/mol. The van der Waals surface area contributed by atoms with Gasteiger partial charge in [-0.15, -0.1) is 0 Å². The molecule has 0 saturated heterocycles. The number of nitrogens with zero attached hydrogens (tertiary/aromatic N) is 1. The monoisotopic (exact) mass is 200 g/mol. The normalized spacial score (nSPS) is 13.0. The van der Waals surface area contributed by atoms with Crippen molar-refractivity contribution in [2.75, 3.05) is 13.6 Å². The lowest BCUT2D eigenvalue weighted by Crippen LogP contribution is -2.42. The van der Waals surface area contributed by atoms with Gasteiger partial charge in [0.2, 0.25) is 5.91 Å². The fourth-order valence-electron chi connectivity index (χ4n) is 1.40. The molecule has 0 saturated carbocycles. The van der Waals surface area contributed by atoms with E-state index in [0.29, 0.717) is 5.92 Å². The van der Waals surface area contributed by atoms with E-state index in [2.05, 4.69) is 20.8 Å². The zero-order valence-electron chi connectivity index (χ0n) is 9.92. The Morgan fingerprint density at radius 1 is 1.43 bits per heavy atom. The minimum absolute atomic E-state index is 0.0761. The van der Waals surface area contributed by atoms with Gasteiger partial charge in [-0.1, -0.05) is 27.2 Å². The highest BCUT2D eigenvalue weighted by Crippen LogP contribution is 2.05. The van der Waals surface area contributed by atoms with E-state index in [1.807, 2.05) is 7.05 Å². The minimum Gasteiger partial charge on any atom is -0.344 e. The standard InChI is InChI=1S/C11H24N2O/c1-5-6-7-13(4)11(14)10(12)8-9(2)3/h9-10H,5-8,12H2,1-4H3. The van der Waals surface area contributed by atoms with Crippen LogP contribution in [0, 0.1) is 5.92 Å². The minimum atomic E-state index is -0.322. The Balaban J connectivity index is 3.91. The molecule has 0 aromatic rings. The highest BCUT2D eigenvalue weighted by Gasteiger charge is 2.18. The van der Waals surface area contributed by atoms with Crippen LogP contribution >= 0.6 is 0 Å². The summed E-state index contributed by atoms with van der Waals surface area (Å²) in [4.78, 5) is 13.4. The summed E-state index contributed by atoms with van der Waals surface area (Å²) >= 11 is 0. The maximum absolute atomic E-state index is 11.7. The van der Waals surface area contributed by atoms with Gasteiger partial charge in [-0.05, 0) is 18.8 Å². The topological polar surface area (TPSA) is 46.3 Å². The van der Waals surface area contributed by atoms with Crippen molar-refractivity contribution in [1.29, 1.82) is 0 Å². The zero-order chi connectivity index (χ0) is 11.1. The van der Waals surface area contributed by atoms with Gasteiger partial charge >= 0.3 is 0 Å². The second kappa shape index (κ2) is 6.82. The Kier molecular flexibility index (Phi) is 6.54. The van der Waals surface area contributed by atoms with Crippen molar-refractivity contribution >= 4 is 5.91 Å². The van der Waals surface area contributed by atoms with Crippen LogP contribution in [0.15, 0.2) is 0 Å². The number of nitrogens with two attached hydrogens (primary N) is 1. The van der Waals surface area contributed by atoms with Crippen molar-refractivity contribution in [3.63, 3.8) is 0 Å². The first kappa shape index (κ1) is 13.4. The number of likely N-dealkylation sites (N-methyl/N-ethyl adjacent to an activating group) is 1. The molecule has 0 aromatic carbocycles. The first-order chi connectivity index (χ1) is 6.49. The van der Waals surface area contributed by atoms with Crippen molar-refractivity contribution in [3.05, 3.63) is 0 Å². The lowest BCUT2D eigenvalue weighted by molar-refractivity contribution is -0.131. The predicted octanol–water partition coefficient (Wildman–Crippen LogP) is 1.62. The van der Waals surface area contributed by atoms with E-state index in [1.165, 1.54) is 0 Å². The van der Waals surface area contributed by atoms with Crippen LogP contribution in [0.5, 0.6) is 0 Å². The molecule has 0 fully saturated rings. The molecule has 0 rings (SSSR count). The van der Waals surface area contributed by atoms with Gasteiger partial charge in [-0.25, -0.2) is 0 Å². The van der Waals surface area contributed by atoms with E-state index in [1.54, 1.807) is 4.90 Å².